The van der Waals surface area contributed by atoms with Crippen molar-refractivity contribution in [2.24, 2.45) is 0 Å². The molecule has 0 unspecified atom stereocenters. The monoisotopic (exact) mass is 404 g/mol. The zero-order chi connectivity index (χ0) is 18.2. The Morgan fingerprint density at radius 3 is 2.36 bits per heavy atom. The zero-order valence-corrected chi connectivity index (χ0v) is 14.5. The summed E-state index contributed by atoms with van der Waals surface area (Å²) in [6, 6.07) is 7.88. The summed E-state index contributed by atoms with van der Waals surface area (Å²) >= 11 is 6.75. The lowest BCUT2D eigenvalue weighted by Gasteiger charge is -2.07. The number of halogens is 4. The minimum Gasteiger partial charge on any atom is -0.255 e. The van der Waals surface area contributed by atoms with E-state index in [1.54, 1.807) is 29.6 Å². The van der Waals surface area contributed by atoms with Crippen molar-refractivity contribution in [1.29, 1.82) is 0 Å². The van der Waals surface area contributed by atoms with E-state index in [9.17, 15) is 21.6 Å². The maximum Gasteiger partial charge on any atom is 0.266 e. The van der Waals surface area contributed by atoms with E-state index in [0.29, 0.717) is 28.4 Å². The van der Waals surface area contributed by atoms with Crippen molar-refractivity contribution in [1.82, 2.24) is 4.98 Å². The minimum absolute atomic E-state index is 0.0471. The van der Waals surface area contributed by atoms with Gasteiger partial charge >= 0.3 is 0 Å². The molecule has 3 aromatic rings. The standard InChI is InChI=1S/C15H8ClF3N2O2S2/c16-9-3-1-8(2-4-9)11-7-24-15(20-11)21-25(22,23)12-6-5-10(17)13(18)14(12)19/h1-7H,(H,20,21). The van der Waals surface area contributed by atoms with Gasteiger partial charge in [0.1, 0.15) is 4.90 Å². The Kier molecular flexibility index (Phi) is 4.72. The number of hydrogen-bond acceptors (Lipinski definition) is 4. The summed E-state index contributed by atoms with van der Waals surface area (Å²) in [6.07, 6.45) is 0. The van der Waals surface area contributed by atoms with E-state index >= 15 is 0 Å². The van der Waals surface area contributed by atoms with Gasteiger partial charge in [-0.25, -0.2) is 26.6 Å². The molecule has 2 aromatic carbocycles. The number of anilines is 1. The second kappa shape index (κ2) is 6.66. The molecule has 0 fully saturated rings. The maximum atomic E-state index is 13.7. The van der Waals surface area contributed by atoms with Crippen molar-refractivity contribution in [3.63, 3.8) is 0 Å². The number of aromatic nitrogens is 1. The van der Waals surface area contributed by atoms with Crippen LogP contribution < -0.4 is 4.72 Å². The Morgan fingerprint density at radius 2 is 1.68 bits per heavy atom. The van der Waals surface area contributed by atoms with Gasteiger partial charge in [-0.3, -0.25) is 4.72 Å². The minimum atomic E-state index is -4.46. The molecule has 0 atom stereocenters. The number of hydrogen-bond donors (Lipinski definition) is 1. The third-order valence-electron chi connectivity index (χ3n) is 3.16. The molecule has 1 aromatic heterocycles. The van der Waals surface area contributed by atoms with Crippen molar-refractivity contribution in [3.05, 3.63) is 64.3 Å². The molecule has 1 heterocycles. The predicted octanol–water partition coefficient (Wildman–Crippen LogP) is 4.68. The largest absolute Gasteiger partial charge is 0.266 e. The second-order valence-corrected chi connectivity index (χ2v) is 7.77. The van der Waals surface area contributed by atoms with Gasteiger partial charge in [-0.2, -0.15) is 0 Å². The summed E-state index contributed by atoms with van der Waals surface area (Å²) in [4.78, 5) is 3.08. The molecule has 0 radical (unpaired) electrons. The zero-order valence-electron chi connectivity index (χ0n) is 12.1. The smallest absolute Gasteiger partial charge is 0.255 e. The van der Waals surface area contributed by atoms with Crippen molar-refractivity contribution in [2.75, 3.05) is 4.72 Å². The highest BCUT2D eigenvalue weighted by molar-refractivity contribution is 7.93. The van der Waals surface area contributed by atoms with Gasteiger partial charge in [0.15, 0.2) is 22.6 Å². The molecule has 0 aliphatic carbocycles. The van der Waals surface area contributed by atoms with Crippen LogP contribution in [-0.2, 0) is 10.0 Å². The highest BCUT2D eigenvalue weighted by Gasteiger charge is 2.25. The molecule has 130 valence electrons. The van der Waals surface area contributed by atoms with Crippen LogP contribution in [0.3, 0.4) is 0 Å². The highest BCUT2D eigenvalue weighted by Crippen LogP contribution is 2.28. The van der Waals surface area contributed by atoms with Crippen LogP contribution in [0.5, 0.6) is 0 Å². The van der Waals surface area contributed by atoms with Crippen molar-refractivity contribution >= 4 is 38.1 Å². The Bertz CT molecular complexity index is 1040. The van der Waals surface area contributed by atoms with Gasteiger partial charge in [0, 0.05) is 16.0 Å². The number of nitrogens with zero attached hydrogens (tertiary/aromatic N) is 1. The first kappa shape index (κ1) is 17.7. The SMILES string of the molecule is O=S(=O)(Nc1nc(-c2ccc(Cl)cc2)cs1)c1ccc(F)c(F)c1F. The molecule has 4 nitrogen and oxygen atoms in total. The summed E-state index contributed by atoms with van der Waals surface area (Å²) in [5.41, 5.74) is 1.18. The molecule has 3 rings (SSSR count). The van der Waals surface area contributed by atoms with Crippen molar-refractivity contribution in [3.8, 4) is 11.3 Å². The van der Waals surface area contributed by atoms with Gasteiger partial charge in [-0.05, 0) is 24.3 Å². The number of benzene rings is 2. The molecule has 0 amide bonds. The number of rotatable bonds is 4. The highest BCUT2D eigenvalue weighted by atomic mass is 35.5. The fourth-order valence-corrected chi connectivity index (χ4v) is 4.13. The molecule has 25 heavy (non-hydrogen) atoms. The summed E-state index contributed by atoms with van der Waals surface area (Å²) in [6.45, 7) is 0. The molecule has 10 heteroatoms. The summed E-state index contributed by atoms with van der Waals surface area (Å²) in [5, 5.41) is 2.07. The van der Waals surface area contributed by atoms with Crippen LogP contribution in [0.25, 0.3) is 11.3 Å². The number of nitrogens with one attached hydrogen (secondary N) is 1. The fourth-order valence-electron chi connectivity index (χ4n) is 1.96. The number of thiazole rings is 1. The lowest BCUT2D eigenvalue weighted by molar-refractivity contribution is 0.432. The molecule has 0 aliphatic heterocycles. The summed E-state index contributed by atoms with van der Waals surface area (Å²) in [5.74, 6) is -5.12. The van der Waals surface area contributed by atoms with Crippen molar-refractivity contribution in [2.45, 2.75) is 4.90 Å². The Morgan fingerprint density at radius 1 is 1.00 bits per heavy atom. The quantitative estimate of drug-likeness (QED) is 0.642. The summed E-state index contributed by atoms with van der Waals surface area (Å²) < 4.78 is 66.3. The molecule has 1 N–H and O–H groups in total. The van der Waals surface area contributed by atoms with Crippen LogP contribution in [0.2, 0.25) is 5.02 Å². The van der Waals surface area contributed by atoms with E-state index in [0.717, 1.165) is 11.3 Å². The molecular weight excluding hydrogens is 397 g/mol. The van der Waals surface area contributed by atoms with E-state index in [-0.39, 0.29) is 5.13 Å². The van der Waals surface area contributed by atoms with Gasteiger partial charge in [0.25, 0.3) is 10.0 Å². The first-order chi connectivity index (χ1) is 11.8. The van der Waals surface area contributed by atoms with Crippen molar-refractivity contribution < 1.29 is 21.6 Å². The Hall–Kier alpha value is -2.10. The van der Waals surface area contributed by atoms with Gasteiger partial charge in [0.2, 0.25) is 0 Å². The molecule has 0 aliphatic rings. The molecular formula is C15H8ClF3N2O2S2. The van der Waals surface area contributed by atoms with Crippen LogP contribution in [0, 0.1) is 17.5 Å². The Labute approximate surface area is 150 Å². The first-order valence-corrected chi connectivity index (χ1v) is 9.40. The molecule has 0 bridgehead atoms. The van der Waals surface area contributed by atoms with E-state index in [4.69, 9.17) is 11.6 Å². The lowest BCUT2D eigenvalue weighted by Crippen LogP contribution is -2.15. The third kappa shape index (κ3) is 3.63. The van der Waals surface area contributed by atoms with E-state index < -0.39 is 32.4 Å². The van der Waals surface area contributed by atoms with Crippen LogP contribution in [-0.4, -0.2) is 13.4 Å². The van der Waals surface area contributed by atoms with E-state index in [1.165, 1.54) is 0 Å². The van der Waals surface area contributed by atoms with Gasteiger partial charge in [0.05, 0.1) is 5.69 Å². The van der Waals surface area contributed by atoms with Gasteiger partial charge in [-0.1, -0.05) is 23.7 Å². The van der Waals surface area contributed by atoms with Crippen LogP contribution in [0.4, 0.5) is 18.3 Å². The second-order valence-electron chi connectivity index (χ2n) is 4.82. The average Bonchev–Trinajstić information content (AvgIpc) is 3.00. The molecule has 0 saturated heterocycles. The van der Waals surface area contributed by atoms with Gasteiger partial charge in [-0.15, -0.1) is 11.3 Å². The van der Waals surface area contributed by atoms with Crippen LogP contribution in [0.1, 0.15) is 0 Å². The molecule has 0 spiro atoms. The number of sulfonamides is 1. The van der Waals surface area contributed by atoms with E-state index in [1.807, 2.05) is 4.72 Å². The van der Waals surface area contributed by atoms with Crippen LogP contribution in [0.15, 0.2) is 46.7 Å². The average molecular weight is 405 g/mol. The third-order valence-corrected chi connectivity index (χ3v) is 5.65. The predicted molar refractivity (Wildman–Crippen MR) is 89.7 cm³/mol. The topological polar surface area (TPSA) is 59.1 Å². The molecule has 0 saturated carbocycles. The van der Waals surface area contributed by atoms with E-state index in [2.05, 4.69) is 4.98 Å². The lowest BCUT2D eigenvalue weighted by atomic mass is 10.2. The Balaban J connectivity index is 1.90. The first-order valence-electron chi connectivity index (χ1n) is 6.66. The normalized spacial score (nSPS) is 11.5. The fraction of sp³-hybridized carbons (Fsp3) is 0. The summed E-state index contributed by atoms with van der Waals surface area (Å²) in [7, 11) is -4.46. The van der Waals surface area contributed by atoms with Gasteiger partial charge < -0.3 is 0 Å². The maximum absolute atomic E-state index is 13.7. The van der Waals surface area contributed by atoms with Crippen LogP contribution >= 0.6 is 22.9 Å².